The average Bonchev–Trinajstić information content (AvgIpc) is 3.15. The van der Waals surface area contributed by atoms with Crippen LogP contribution in [-0.4, -0.2) is 51.5 Å². The van der Waals surface area contributed by atoms with Crippen molar-refractivity contribution in [1.82, 2.24) is 19.4 Å². The van der Waals surface area contributed by atoms with Gasteiger partial charge in [0.2, 0.25) is 5.91 Å². The molecule has 0 aliphatic carbocycles. The number of carbonyl (C=O) groups excluding carboxylic acids is 1. The summed E-state index contributed by atoms with van der Waals surface area (Å²) in [5.74, 6) is -1.85. The minimum Gasteiger partial charge on any atom is -0.302 e. The summed E-state index contributed by atoms with van der Waals surface area (Å²) < 4.78 is 29.4. The van der Waals surface area contributed by atoms with Crippen molar-refractivity contribution in [2.45, 2.75) is 34.2 Å². The van der Waals surface area contributed by atoms with Crippen molar-refractivity contribution in [3.8, 4) is 0 Å². The molecule has 0 bridgehead atoms. The Labute approximate surface area is 183 Å². The van der Waals surface area contributed by atoms with Gasteiger partial charge in [0.05, 0.1) is 11.0 Å². The lowest BCUT2D eigenvalue weighted by molar-refractivity contribution is -0.119. The maximum atomic E-state index is 14.2. The lowest BCUT2D eigenvalue weighted by atomic mass is 10.3. The fourth-order valence-electron chi connectivity index (χ4n) is 3.19. The molecule has 0 radical (unpaired) electrons. The Morgan fingerprint density at radius 1 is 1.16 bits per heavy atom. The smallest absolute Gasteiger partial charge is 0.256 e. The van der Waals surface area contributed by atoms with Crippen LogP contribution in [0.2, 0.25) is 0 Å². The number of likely N-dealkylation sites (N-methyl/N-ethyl adjacent to an activating group) is 1. The predicted molar refractivity (Wildman–Crippen MR) is 118 cm³/mol. The zero-order valence-electron chi connectivity index (χ0n) is 18.0. The van der Waals surface area contributed by atoms with Crippen LogP contribution in [0, 0.1) is 25.5 Å². The van der Waals surface area contributed by atoms with Crippen molar-refractivity contribution in [2.24, 2.45) is 0 Å². The molecule has 0 spiro atoms. The van der Waals surface area contributed by atoms with Crippen LogP contribution in [0.5, 0.6) is 0 Å². The molecule has 0 atom stereocenters. The molecule has 3 rings (SSSR count). The summed E-state index contributed by atoms with van der Waals surface area (Å²) in [6.07, 6.45) is 1.35. The van der Waals surface area contributed by atoms with Gasteiger partial charge in [0.25, 0.3) is 5.56 Å². The number of benzene rings is 1. The second kappa shape index (κ2) is 9.61. The van der Waals surface area contributed by atoms with Crippen molar-refractivity contribution in [2.75, 3.05) is 31.1 Å². The number of carbonyl (C=O) groups is 1. The number of anilines is 1. The summed E-state index contributed by atoms with van der Waals surface area (Å²) in [6, 6.07) is 1.97. The SMILES string of the molecule is CCN(CC)CCN(C(=O)Cn1cnc(C)c(C)c1=O)c1nc2c(F)cc(F)cc2s1. The molecule has 31 heavy (non-hydrogen) atoms. The molecule has 0 aliphatic heterocycles. The van der Waals surface area contributed by atoms with Crippen molar-refractivity contribution >= 4 is 32.6 Å². The molecule has 2 heterocycles. The average molecular weight is 450 g/mol. The van der Waals surface area contributed by atoms with Gasteiger partial charge in [-0.05, 0) is 33.0 Å². The Balaban J connectivity index is 1.96. The van der Waals surface area contributed by atoms with Gasteiger partial charge < -0.3 is 4.90 Å². The van der Waals surface area contributed by atoms with E-state index in [0.29, 0.717) is 29.0 Å². The van der Waals surface area contributed by atoms with Gasteiger partial charge in [-0.2, -0.15) is 0 Å². The number of halogens is 2. The van der Waals surface area contributed by atoms with Crippen LogP contribution in [0.3, 0.4) is 0 Å². The third-order valence-electron chi connectivity index (χ3n) is 5.29. The van der Waals surface area contributed by atoms with Crippen LogP contribution in [0.4, 0.5) is 13.9 Å². The highest BCUT2D eigenvalue weighted by atomic mass is 32.1. The number of fused-ring (bicyclic) bond motifs is 1. The first-order chi connectivity index (χ1) is 14.7. The highest BCUT2D eigenvalue weighted by Crippen LogP contribution is 2.31. The molecule has 7 nitrogen and oxygen atoms in total. The van der Waals surface area contributed by atoms with E-state index in [1.54, 1.807) is 13.8 Å². The number of hydrogen-bond donors (Lipinski definition) is 0. The van der Waals surface area contributed by atoms with E-state index < -0.39 is 11.6 Å². The van der Waals surface area contributed by atoms with Gasteiger partial charge in [-0.1, -0.05) is 25.2 Å². The largest absolute Gasteiger partial charge is 0.302 e. The summed E-state index contributed by atoms with van der Waals surface area (Å²) in [7, 11) is 0. The number of nitrogens with zero attached hydrogens (tertiary/aromatic N) is 5. The minimum atomic E-state index is -0.775. The molecule has 1 aromatic carbocycles. The monoisotopic (exact) mass is 449 g/mol. The number of amides is 1. The summed E-state index contributed by atoms with van der Waals surface area (Å²) >= 11 is 1.04. The number of rotatable bonds is 8. The topological polar surface area (TPSA) is 71.3 Å². The molecule has 0 saturated carbocycles. The molecule has 0 aliphatic rings. The highest BCUT2D eigenvalue weighted by Gasteiger charge is 2.23. The number of thiazole rings is 1. The second-order valence-corrected chi connectivity index (χ2v) is 8.20. The minimum absolute atomic E-state index is 0.0204. The molecule has 1 amide bonds. The third-order valence-corrected chi connectivity index (χ3v) is 6.31. The zero-order valence-corrected chi connectivity index (χ0v) is 18.8. The Morgan fingerprint density at radius 2 is 1.87 bits per heavy atom. The first kappa shape index (κ1) is 23.0. The highest BCUT2D eigenvalue weighted by molar-refractivity contribution is 7.22. The van der Waals surface area contributed by atoms with Crippen molar-refractivity contribution < 1.29 is 13.6 Å². The predicted octanol–water partition coefficient (Wildman–Crippen LogP) is 3.12. The first-order valence-electron chi connectivity index (χ1n) is 10.1. The molecule has 0 N–H and O–H groups in total. The van der Waals surface area contributed by atoms with E-state index >= 15 is 0 Å². The van der Waals surface area contributed by atoms with Crippen LogP contribution in [0.25, 0.3) is 10.2 Å². The molecular weight excluding hydrogens is 424 g/mol. The zero-order chi connectivity index (χ0) is 22.7. The summed E-state index contributed by atoms with van der Waals surface area (Å²) in [5, 5.41) is 0.265. The normalized spacial score (nSPS) is 11.5. The lowest BCUT2D eigenvalue weighted by Crippen LogP contribution is -2.41. The maximum Gasteiger partial charge on any atom is 0.256 e. The summed E-state index contributed by atoms with van der Waals surface area (Å²) in [4.78, 5) is 37.7. The quantitative estimate of drug-likeness (QED) is 0.529. The number of aromatic nitrogens is 3. The van der Waals surface area contributed by atoms with Gasteiger partial charge in [-0.15, -0.1) is 0 Å². The van der Waals surface area contributed by atoms with Crippen LogP contribution in [0.1, 0.15) is 25.1 Å². The fraction of sp³-hybridized carbons (Fsp3) is 0.429. The second-order valence-electron chi connectivity index (χ2n) is 7.19. The molecule has 0 unspecified atom stereocenters. The molecule has 0 saturated heterocycles. The van der Waals surface area contributed by atoms with E-state index in [0.717, 1.165) is 30.5 Å². The van der Waals surface area contributed by atoms with Gasteiger partial charge in [-0.25, -0.2) is 18.7 Å². The van der Waals surface area contributed by atoms with E-state index in [1.807, 2.05) is 13.8 Å². The Morgan fingerprint density at radius 3 is 2.55 bits per heavy atom. The Kier molecular flexibility index (Phi) is 7.11. The van der Waals surface area contributed by atoms with Gasteiger partial charge in [0.1, 0.15) is 17.9 Å². The molecule has 2 aromatic heterocycles. The van der Waals surface area contributed by atoms with Gasteiger partial charge in [0.15, 0.2) is 10.9 Å². The maximum absolute atomic E-state index is 14.2. The van der Waals surface area contributed by atoms with E-state index in [2.05, 4.69) is 14.9 Å². The van der Waals surface area contributed by atoms with E-state index in [4.69, 9.17) is 0 Å². The lowest BCUT2D eigenvalue weighted by Gasteiger charge is -2.25. The molecule has 10 heteroatoms. The fourth-order valence-corrected chi connectivity index (χ4v) is 4.24. The van der Waals surface area contributed by atoms with E-state index in [-0.39, 0.29) is 28.7 Å². The van der Waals surface area contributed by atoms with Crippen LogP contribution in [0.15, 0.2) is 23.3 Å². The molecular formula is C21H25F2N5O2S. The third kappa shape index (κ3) is 4.96. The van der Waals surface area contributed by atoms with Gasteiger partial charge in [-0.3, -0.25) is 19.1 Å². The Bertz CT molecular complexity index is 1160. The first-order valence-corrected chi connectivity index (χ1v) is 10.9. The van der Waals surface area contributed by atoms with Crippen LogP contribution >= 0.6 is 11.3 Å². The Hall–Kier alpha value is -2.72. The van der Waals surface area contributed by atoms with Gasteiger partial charge in [0, 0.05) is 30.4 Å². The summed E-state index contributed by atoms with van der Waals surface area (Å²) in [6.45, 7) is 9.69. The van der Waals surface area contributed by atoms with Crippen molar-refractivity contribution in [3.05, 3.63) is 51.7 Å². The standard InChI is InChI=1S/C21H25F2N5O2S/c1-5-26(6-2)7-8-28(18(29)11-27-12-24-14(4)13(3)20(27)30)21-25-19-16(23)9-15(22)10-17(19)31-21/h9-10,12H,5-8,11H2,1-4H3. The van der Waals surface area contributed by atoms with E-state index in [9.17, 15) is 18.4 Å². The number of aryl methyl sites for hydroxylation is 1. The van der Waals surface area contributed by atoms with Crippen molar-refractivity contribution in [3.63, 3.8) is 0 Å². The van der Waals surface area contributed by atoms with Gasteiger partial charge >= 0.3 is 0 Å². The molecule has 0 fully saturated rings. The van der Waals surface area contributed by atoms with Crippen molar-refractivity contribution in [1.29, 1.82) is 0 Å². The molecule has 166 valence electrons. The molecule has 3 aromatic rings. The van der Waals surface area contributed by atoms with Crippen LogP contribution in [-0.2, 0) is 11.3 Å². The van der Waals surface area contributed by atoms with E-state index in [1.165, 1.54) is 21.9 Å². The number of hydrogen-bond acceptors (Lipinski definition) is 6. The van der Waals surface area contributed by atoms with Crippen LogP contribution < -0.4 is 10.5 Å². The summed E-state index contributed by atoms with van der Waals surface area (Å²) in [5.41, 5.74) is 0.812.